The fourth-order valence-electron chi connectivity index (χ4n) is 3.18. The summed E-state index contributed by atoms with van der Waals surface area (Å²) in [5.41, 5.74) is 8.54. The maximum Gasteiger partial charge on any atom is 0.170 e. The van der Waals surface area contributed by atoms with Crippen molar-refractivity contribution in [2.24, 2.45) is 5.73 Å². The Bertz CT molecular complexity index is 639. The van der Waals surface area contributed by atoms with Crippen LogP contribution in [0.3, 0.4) is 0 Å². The molecule has 5 heteroatoms. The van der Waals surface area contributed by atoms with E-state index in [1.807, 2.05) is 0 Å². The normalized spacial score (nSPS) is 24.3. The number of fused-ring (bicyclic) bond motifs is 1. The summed E-state index contributed by atoms with van der Waals surface area (Å²) in [6.07, 6.45) is 4.23. The van der Waals surface area contributed by atoms with Gasteiger partial charge in [-0.25, -0.2) is 0 Å². The van der Waals surface area contributed by atoms with Crippen molar-refractivity contribution in [3.8, 4) is 0 Å². The number of carbonyl (C=O) groups is 2. The van der Waals surface area contributed by atoms with Crippen LogP contribution in [-0.4, -0.2) is 22.2 Å². The molecular formula is C17H18ClNO2S. The largest absolute Gasteiger partial charge is 0.316 e. The van der Waals surface area contributed by atoms with Crippen molar-refractivity contribution < 1.29 is 9.59 Å². The molecule has 2 N–H and O–H groups in total. The van der Waals surface area contributed by atoms with E-state index in [1.165, 1.54) is 12.0 Å². The van der Waals surface area contributed by atoms with Crippen LogP contribution in [0.1, 0.15) is 42.5 Å². The quantitative estimate of drug-likeness (QED) is 0.672. The Balaban J connectivity index is 1.76. The van der Waals surface area contributed by atoms with Gasteiger partial charge in [0.15, 0.2) is 11.6 Å². The number of ketones is 2. The second-order valence-corrected chi connectivity index (χ2v) is 7.55. The number of hydrogen-bond donors (Lipinski definition) is 1. The van der Waals surface area contributed by atoms with Gasteiger partial charge in [-0.15, -0.1) is 11.8 Å². The molecule has 1 aliphatic heterocycles. The Morgan fingerprint density at radius 3 is 2.64 bits per heavy atom. The summed E-state index contributed by atoms with van der Waals surface area (Å²) < 4.78 is 0. The van der Waals surface area contributed by atoms with Crippen molar-refractivity contribution in [3.63, 3.8) is 0 Å². The van der Waals surface area contributed by atoms with Gasteiger partial charge in [-0.3, -0.25) is 9.59 Å². The predicted molar refractivity (Wildman–Crippen MR) is 90.3 cm³/mol. The first-order valence-electron chi connectivity index (χ1n) is 7.52. The smallest absolute Gasteiger partial charge is 0.170 e. The van der Waals surface area contributed by atoms with Crippen LogP contribution in [-0.2, 0) is 4.79 Å². The van der Waals surface area contributed by atoms with Crippen molar-refractivity contribution >= 4 is 34.9 Å². The molecule has 0 bridgehead atoms. The van der Waals surface area contributed by atoms with Gasteiger partial charge in [-0.2, -0.15) is 0 Å². The third-order valence-electron chi connectivity index (χ3n) is 4.28. The standard InChI is InChI=1S/C17H18ClNO2S/c18-11-7-5-10(6-8-11)13(20)9-14(21)16-12-3-1-2-4-15(12)22-17(16)19/h5-8,15,17H,1-4,9,19H2. The SMILES string of the molecule is NC1SC2CCCCC2=C1C(=O)CC(=O)c1ccc(Cl)cc1. The summed E-state index contributed by atoms with van der Waals surface area (Å²) in [6.45, 7) is 0. The first-order chi connectivity index (χ1) is 10.6. The molecule has 1 aliphatic carbocycles. The molecule has 1 saturated carbocycles. The third-order valence-corrected chi connectivity index (χ3v) is 5.91. The lowest BCUT2D eigenvalue weighted by Crippen LogP contribution is -2.23. The minimum Gasteiger partial charge on any atom is -0.316 e. The molecular weight excluding hydrogens is 318 g/mol. The minimum atomic E-state index is -0.274. The molecule has 0 saturated heterocycles. The Labute approximate surface area is 139 Å². The number of Topliss-reactive ketones (excluding diaryl/α,β-unsaturated/α-hetero) is 2. The molecule has 2 atom stereocenters. The monoisotopic (exact) mass is 335 g/mol. The fourth-order valence-corrected chi connectivity index (χ4v) is 4.79. The second kappa shape index (κ2) is 6.57. The number of rotatable bonds is 4. The van der Waals surface area contributed by atoms with E-state index in [0.29, 0.717) is 21.4 Å². The fraction of sp³-hybridized carbons (Fsp3) is 0.412. The summed E-state index contributed by atoms with van der Waals surface area (Å²) in [7, 11) is 0. The topological polar surface area (TPSA) is 60.2 Å². The summed E-state index contributed by atoms with van der Waals surface area (Å²) in [4.78, 5) is 24.8. The zero-order valence-corrected chi connectivity index (χ0v) is 13.8. The Morgan fingerprint density at radius 2 is 1.91 bits per heavy atom. The molecule has 2 aliphatic rings. The molecule has 1 aromatic rings. The molecule has 0 amide bonds. The molecule has 0 aromatic heterocycles. The van der Waals surface area contributed by atoms with E-state index in [9.17, 15) is 9.59 Å². The van der Waals surface area contributed by atoms with Crippen LogP contribution in [0.15, 0.2) is 35.4 Å². The van der Waals surface area contributed by atoms with Gasteiger partial charge >= 0.3 is 0 Å². The average molecular weight is 336 g/mol. The Hall–Kier alpha value is -1.10. The van der Waals surface area contributed by atoms with Gasteiger partial charge in [0, 0.05) is 21.4 Å². The molecule has 3 nitrogen and oxygen atoms in total. The maximum absolute atomic E-state index is 12.6. The molecule has 0 spiro atoms. The van der Waals surface area contributed by atoms with E-state index in [1.54, 1.807) is 36.0 Å². The van der Waals surface area contributed by atoms with E-state index in [0.717, 1.165) is 19.3 Å². The number of halogens is 1. The highest BCUT2D eigenvalue weighted by Gasteiger charge is 2.37. The van der Waals surface area contributed by atoms with Crippen LogP contribution in [0.25, 0.3) is 0 Å². The van der Waals surface area contributed by atoms with E-state index in [-0.39, 0.29) is 23.4 Å². The van der Waals surface area contributed by atoms with Crippen molar-refractivity contribution in [1.82, 2.24) is 0 Å². The van der Waals surface area contributed by atoms with Crippen LogP contribution in [0.4, 0.5) is 0 Å². The average Bonchev–Trinajstić information content (AvgIpc) is 2.83. The van der Waals surface area contributed by atoms with Gasteiger partial charge in [0.2, 0.25) is 0 Å². The molecule has 116 valence electrons. The Morgan fingerprint density at radius 1 is 1.18 bits per heavy atom. The van der Waals surface area contributed by atoms with Gasteiger partial charge < -0.3 is 5.73 Å². The highest BCUT2D eigenvalue weighted by Crippen LogP contribution is 2.44. The molecule has 1 aromatic carbocycles. The molecule has 2 unspecified atom stereocenters. The first kappa shape index (κ1) is 15.8. The summed E-state index contributed by atoms with van der Waals surface area (Å²) >= 11 is 7.48. The highest BCUT2D eigenvalue weighted by molar-refractivity contribution is 8.01. The number of carbonyl (C=O) groups excluding carboxylic acids is 2. The van der Waals surface area contributed by atoms with Crippen LogP contribution in [0.5, 0.6) is 0 Å². The second-order valence-electron chi connectivity index (χ2n) is 5.76. The predicted octanol–water partition coefficient (Wildman–Crippen LogP) is 3.75. The van der Waals surface area contributed by atoms with E-state index < -0.39 is 0 Å². The van der Waals surface area contributed by atoms with Crippen molar-refractivity contribution in [2.45, 2.75) is 42.7 Å². The van der Waals surface area contributed by atoms with Crippen molar-refractivity contribution in [2.75, 3.05) is 0 Å². The van der Waals surface area contributed by atoms with Crippen LogP contribution in [0, 0.1) is 0 Å². The zero-order chi connectivity index (χ0) is 15.7. The van der Waals surface area contributed by atoms with Crippen molar-refractivity contribution in [1.29, 1.82) is 0 Å². The summed E-state index contributed by atoms with van der Waals surface area (Å²) in [5, 5.41) is 0.684. The molecule has 3 rings (SSSR count). The van der Waals surface area contributed by atoms with E-state index in [4.69, 9.17) is 17.3 Å². The van der Waals surface area contributed by atoms with Gasteiger partial charge in [0.1, 0.15) is 0 Å². The van der Waals surface area contributed by atoms with Crippen molar-refractivity contribution in [3.05, 3.63) is 46.0 Å². The molecule has 0 radical (unpaired) electrons. The van der Waals surface area contributed by atoms with Gasteiger partial charge in [0.05, 0.1) is 11.8 Å². The van der Waals surface area contributed by atoms with Crippen LogP contribution >= 0.6 is 23.4 Å². The maximum atomic E-state index is 12.6. The highest BCUT2D eigenvalue weighted by atomic mass is 35.5. The number of hydrogen-bond acceptors (Lipinski definition) is 4. The van der Waals surface area contributed by atoms with E-state index in [2.05, 4.69) is 0 Å². The van der Waals surface area contributed by atoms with Gasteiger partial charge in [-0.1, -0.05) is 18.0 Å². The van der Waals surface area contributed by atoms with Crippen LogP contribution < -0.4 is 5.73 Å². The van der Waals surface area contributed by atoms with Crippen LogP contribution in [0.2, 0.25) is 5.02 Å². The lowest BCUT2D eigenvalue weighted by Gasteiger charge is -2.19. The third kappa shape index (κ3) is 3.14. The number of thioether (sulfide) groups is 1. The number of benzene rings is 1. The van der Waals surface area contributed by atoms with Gasteiger partial charge in [-0.05, 0) is 49.1 Å². The Kier molecular flexibility index (Phi) is 4.71. The first-order valence-corrected chi connectivity index (χ1v) is 8.84. The summed E-state index contributed by atoms with van der Waals surface area (Å²) in [6, 6.07) is 6.63. The number of nitrogens with two attached hydrogens (primary N) is 1. The lowest BCUT2D eigenvalue weighted by molar-refractivity contribution is -0.114. The molecule has 22 heavy (non-hydrogen) atoms. The lowest BCUT2D eigenvalue weighted by atomic mass is 9.88. The molecule has 1 heterocycles. The minimum absolute atomic E-state index is 0.110. The summed E-state index contributed by atoms with van der Waals surface area (Å²) in [5.74, 6) is -0.287. The van der Waals surface area contributed by atoms with E-state index >= 15 is 0 Å². The zero-order valence-electron chi connectivity index (χ0n) is 12.2. The molecule has 1 fully saturated rings. The van der Waals surface area contributed by atoms with Gasteiger partial charge in [0.25, 0.3) is 0 Å².